The van der Waals surface area contributed by atoms with Gasteiger partial charge in [-0.3, -0.25) is 0 Å². The Morgan fingerprint density at radius 2 is 2.33 bits per heavy atom. The predicted octanol–water partition coefficient (Wildman–Crippen LogP) is 1.73. The van der Waals surface area contributed by atoms with E-state index in [-0.39, 0.29) is 0 Å². The Kier molecular flexibility index (Phi) is 2.87. The van der Waals surface area contributed by atoms with Crippen molar-refractivity contribution in [2.24, 2.45) is 5.73 Å². The van der Waals surface area contributed by atoms with Gasteiger partial charge in [0.2, 0.25) is 0 Å². The topological polar surface area (TPSA) is 61.3 Å². The molecule has 4 heteroatoms. The zero-order chi connectivity index (χ0) is 10.7. The molecule has 0 fully saturated rings. The number of benzene rings is 1. The molecule has 15 heavy (non-hydrogen) atoms. The lowest BCUT2D eigenvalue weighted by molar-refractivity contribution is 0.388. The van der Waals surface area contributed by atoms with E-state index in [9.17, 15) is 0 Å². The van der Waals surface area contributed by atoms with Crippen LogP contribution in [0.15, 0.2) is 22.7 Å². The van der Waals surface area contributed by atoms with Gasteiger partial charge in [-0.15, -0.1) is 0 Å². The van der Waals surface area contributed by atoms with Crippen LogP contribution >= 0.6 is 0 Å². The fourth-order valence-electron chi connectivity index (χ4n) is 1.55. The quantitative estimate of drug-likeness (QED) is 0.827. The van der Waals surface area contributed by atoms with Crippen LogP contribution in [-0.2, 0) is 6.42 Å². The highest BCUT2D eigenvalue weighted by Gasteiger charge is 2.08. The Hall–Kier alpha value is -1.55. The molecule has 80 valence electrons. The Balaban J connectivity index is 2.34. The van der Waals surface area contributed by atoms with Crippen molar-refractivity contribution >= 4 is 10.9 Å². The molecule has 0 unspecified atom stereocenters. The van der Waals surface area contributed by atoms with Gasteiger partial charge in [0.15, 0.2) is 0 Å². The van der Waals surface area contributed by atoms with Gasteiger partial charge in [-0.25, -0.2) is 0 Å². The predicted molar refractivity (Wildman–Crippen MR) is 57.9 cm³/mol. The normalized spacial score (nSPS) is 10.8. The maximum absolute atomic E-state index is 5.45. The van der Waals surface area contributed by atoms with Gasteiger partial charge in [-0.2, -0.15) is 0 Å². The number of rotatable bonds is 4. The van der Waals surface area contributed by atoms with Crippen LogP contribution < -0.4 is 10.5 Å². The molecule has 0 saturated heterocycles. The summed E-state index contributed by atoms with van der Waals surface area (Å²) in [5, 5.41) is 5.03. The van der Waals surface area contributed by atoms with E-state index in [2.05, 4.69) is 5.16 Å². The Morgan fingerprint density at radius 3 is 3.07 bits per heavy atom. The maximum atomic E-state index is 5.45. The van der Waals surface area contributed by atoms with E-state index < -0.39 is 0 Å². The van der Waals surface area contributed by atoms with Crippen LogP contribution in [-0.4, -0.2) is 18.8 Å². The third-order valence-electron chi connectivity index (χ3n) is 2.37. The van der Waals surface area contributed by atoms with Gasteiger partial charge in [-0.1, -0.05) is 5.16 Å². The van der Waals surface area contributed by atoms with E-state index in [1.165, 1.54) is 0 Å². The summed E-state index contributed by atoms with van der Waals surface area (Å²) in [5.41, 5.74) is 6.29. The summed E-state index contributed by atoms with van der Waals surface area (Å²) < 4.78 is 10.4. The van der Waals surface area contributed by atoms with E-state index >= 15 is 0 Å². The fourth-order valence-corrected chi connectivity index (χ4v) is 1.55. The molecule has 0 atom stereocenters. The van der Waals surface area contributed by atoms with Crippen LogP contribution in [0.3, 0.4) is 0 Å². The van der Waals surface area contributed by atoms with Crippen molar-refractivity contribution in [2.45, 2.75) is 12.8 Å². The lowest BCUT2D eigenvalue weighted by Gasteiger charge is -1.97. The first-order chi connectivity index (χ1) is 7.35. The van der Waals surface area contributed by atoms with E-state index in [1.807, 2.05) is 18.2 Å². The number of nitrogens with two attached hydrogens (primary N) is 1. The van der Waals surface area contributed by atoms with Gasteiger partial charge >= 0.3 is 0 Å². The number of ether oxygens (including phenoxy) is 1. The van der Waals surface area contributed by atoms with Gasteiger partial charge in [0, 0.05) is 17.9 Å². The Morgan fingerprint density at radius 1 is 1.47 bits per heavy atom. The molecule has 2 aromatic rings. The van der Waals surface area contributed by atoms with Crippen LogP contribution in [0, 0.1) is 0 Å². The van der Waals surface area contributed by atoms with Crippen LogP contribution in [0.5, 0.6) is 5.75 Å². The SMILES string of the molecule is COc1ccc2c(CCCN)onc2c1. The third-order valence-corrected chi connectivity index (χ3v) is 2.37. The first-order valence-corrected chi connectivity index (χ1v) is 4.97. The lowest BCUT2D eigenvalue weighted by atomic mass is 10.1. The molecule has 4 nitrogen and oxygen atoms in total. The van der Waals surface area contributed by atoms with Crippen LogP contribution in [0.2, 0.25) is 0 Å². The van der Waals surface area contributed by atoms with E-state index in [4.69, 9.17) is 15.0 Å². The van der Waals surface area contributed by atoms with Gasteiger partial charge in [0.1, 0.15) is 17.0 Å². The summed E-state index contributed by atoms with van der Waals surface area (Å²) in [6, 6.07) is 5.74. The highest BCUT2D eigenvalue weighted by atomic mass is 16.5. The molecule has 0 bridgehead atoms. The zero-order valence-electron chi connectivity index (χ0n) is 8.69. The van der Waals surface area contributed by atoms with Crippen LogP contribution in [0.1, 0.15) is 12.2 Å². The van der Waals surface area contributed by atoms with Crippen molar-refractivity contribution in [2.75, 3.05) is 13.7 Å². The Bertz CT molecular complexity index is 451. The Labute approximate surface area is 88.0 Å². The summed E-state index contributed by atoms with van der Waals surface area (Å²) in [5.74, 6) is 1.69. The van der Waals surface area contributed by atoms with E-state index in [1.54, 1.807) is 7.11 Å². The van der Waals surface area contributed by atoms with Crippen molar-refractivity contribution in [3.05, 3.63) is 24.0 Å². The summed E-state index contributed by atoms with van der Waals surface area (Å²) in [4.78, 5) is 0. The molecule has 2 N–H and O–H groups in total. The molecular formula is C11H14N2O2. The fraction of sp³-hybridized carbons (Fsp3) is 0.364. The van der Waals surface area contributed by atoms with E-state index in [0.29, 0.717) is 6.54 Å². The summed E-state index contributed by atoms with van der Waals surface area (Å²) in [7, 11) is 1.64. The largest absolute Gasteiger partial charge is 0.497 e. The van der Waals surface area contributed by atoms with Crippen molar-refractivity contribution in [3.63, 3.8) is 0 Å². The van der Waals surface area contributed by atoms with E-state index in [0.717, 1.165) is 35.3 Å². The zero-order valence-corrected chi connectivity index (χ0v) is 8.69. The van der Waals surface area contributed by atoms with Crippen molar-refractivity contribution in [1.29, 1.82) is 0 Å². The maximum Gasteiger partial charge on any atom is 0.144 e. The molecule has 0 aliphatic heterocycles. The molecule has 1 heterocycles. The van der Waals surface area contributed by atoms with Crippen LogP contribution in [0.25, 0.3) is 10.9 Å². The molecule has 0 radical (unpaired) electrons. The molecule has 0 aliphatic rings. The molecule has 0 aliphatic carbocycles. The number of aromatic nitrogens is 1. The smallest absolute Gasteiger partial charge is 0.144 e. The number of fused-ring (bicyclic) bond motifs is 1. The molecule has 0 spiro atoms. The molecule has 1 aromatic heterocycles. The van der Waals surface area contributed by atoms with Gasteiger partial charge in [0.25, 0.3) is 0 Å². The molecular weight excluding hydrogens is 192 g/mol. The minimum atomic E-state index is 0.665. The summed E-state index contributed by atoms with van der Waals surface area (Å²) >= 11 is 0. The average molecular weight is 206 g/mol. The standard InChI is InChI=1S/C11H14N2O2/c1-14-8-4-5-9-10(7-8)13-15-11(9)3-2-6-12/h4-5,7H,2-3,6,12H2,1H3. The number of hydrogen-bond donors (Lipinski definition) is 1. The number of aryl methyl sites for hydroxylation is 1. The molecule has 0 saturated carbocycles. The van der Waals surface area contributed by atoms with Gasteiger partial charge in [-0.05, 0) is 25.1 Å². The number of hydrogen-bond acceptors (Lipinski definition) is 4. The average Bonchev–Trinajstić information content (AvgIpc) is 2.68. The second-order valence-corrected chi connectivity index (χ2v) is 3.38. The first kappa shape index (κ1) is 9.98. The molecule has 2 rings (SSSR count). The van der Waals surface area contributed by atoms with Crippen molar-refractivity contribution < 1.29 is 9.26 Å². The minimum Gasteiger partial charge on any atom is -0.497 e. The van der Waals surface area contributed by atoms with Crippen molar-refractivity contribution in [3.8, 4) is 5.75 Å². The first-order valence-electron chi connectivity index (χ1n) is 4.97. The highest BCUT2D eigenvalue weighted by Crippen LogP contribution is 2.23. The molecule has 1 aromatic carbocycles. The van der Waals surface area contributed by atoms with Crippen molar-refractivity contribution in [1.82, 2.24) is 5.16 Å². The third kappa shape index (κ3) is 1.94. The van der Waals surface area contributed by atoms with Gasteiger partial charge in [0.05, 0.1) is 7.11 Å². The second-order valence-electron chi connectivity index (χ2n) is 3.38. The monoisotopic (exact) mass is 206 g/mol. The second kappa shape index (κ2) is 4.31. The molecule has 0 amide bonds. The van der Waals surface area contributed by atoms with Crippen LogP contribution in [0.4, 0.5) is 0 Å². The summed E-state index contributed by atoms with van der Waals surface area (Å²) in [6.07, 6.45) is 1.75. The number of nitrogens with zero attached hydrogens (tertiary/aromatic N) is 1. The highest BCUT2D eigenvalue weighted by molar-refractivity contribution is 5.81. The van der Waals surface area contributed by atoms with Gasteiger partial charge < -0.3 is 15.0 Å². The number of methoxy groups -OCH3 is 1. The summed E-state index contributed by atoms with van der Waals surface area (Å²) in [6.45, 7) is 0.665. The minimum absolute atomic E-state index is 0.665. The lowest BCUT2D eigenvalue weighted by Crippen LogP contribution is -1.99.